The smallest absolute Gasteiger partial charge is 0.239 e. The molecule has 1 heterocycles. The first-order chi connectivity index (χ1) is 16.2. The van der Waals surface area contributed by atoms with Gasteiger partial charge in [0.05, 0.1) is 17.9 Å². The highest BCUT2D eigenvalue weighted by molar-refractivity contribution is 5.92. The van der Waals surface area contributed by atoms with Crippen molar-refractivity contribution in [2.75, 3.05) is 25.0 Å². The molecule has 3 aromatic rings. The number of para-hydroxylation sites is 1. The Hall–Kier alpha value is -2.96. The monoisotopic (exact) mass is 444 g/mol. The molecule has 2 N–H and O–H groups in total. The molecule has 2 aromatic carbocycles. The third-order valence-electron chi connectivity index (χ3n) is 6.64. The van der Waals surface area contributed by atoms with E-state index >= 15 is 0 Å². The van der Waals surface area contributed by atoms with Gasteiger partial charge in [0, 0.05) is 24.3 Å². The Balaban J connectivity index is 1.38. The van der Waals surface area contributed by atoms with Crippen molar-refractivity contribution in [3.05, 3.63) is 65.7 Å². The lowest BCUT2D eigenvalue weighted by molar-refractivity contribution is -0.117. The van der Waals surface area contributed by atoms with Gasteiger partial charge >= 0.3 is 0 Å². The Morgan fingerprint density at radius 3 is 2.67 bits per heavy atom. The highest BCUT2D eigenvalue weighted by Crippen LogP contribution is 2.30. The summed E-state index contributed by atoms with van der Waals surface area (Å²) in [6.45, 7) is 1.41. The van der Waals surface area contributed by atoms with Gasteiger partial charge in [0.25, 0.3) is 0 Å². The van der Waals surface area contributed by atoms with E-state index in [4.69, 9.17) is 10.2 Å². The molecular weight excluding hydrogens is 412 g/mol. The van der Waals surface area contributed by atoms with E-state index in [1.807, 2.05) is 41.1 Å². The lowest BCUT2D eigenvalue weighted by Gasteiger charge is -2.21. The predicted octanol–water partition coefficient (Wildman–Crippen LogP) is 4.20. The van der Waals surface area contributed by atoms with Crippen molar-refractivity contribution in [3.63, 3.8) is 0 Å². The number of fused-ring (bicyclic) bond motifs is 1. The fraction of sp³-hybridized carbons (Fsp3) is 0.407. The fourth-order valence-corrected chi connectivity index (χ4v) is 4.73. The zero-order chi connectivity index (χ0) is 22.6. The number of nitrogens with zero attached hydrogens (tertiary/aromatic N) is 3. The van der Waals surface area contributed by atoms with Crippen molar-refractivity contribution in [1.29, 1.82) is 0 Å². The molecule has 2 aliphatic rings. The normalized spacial score (nSPS) is 15.1. The van der Waals surface area contributed by atoms with E-state index in [0.29, 0.717) is 18.4 Å². The third kappa shape index (κ3) is 5.18. The number of aliphatic hydroxyl groups excluding tert-OH is 1. The number of anilines is 1. The van der Waals surface area contributed by atoms with Crippen LogP contribution in [0.4, 0.5) is 5.82 Å². The van der Waals surface area contributed by atoms with E-state index < -0.39 is 0 Å². The van der Waals surface area contributed by atoms with Gasteiger partial charge in [-0.3, -0.25) is 9.69 Å². The zero-order valence-electron chi connectivity index (χ0n) is 19.0. The van der Waals surface area contributed by atoms with E-state index in [-0.39, 0.29) is 12.5 Å². The second-order valence-corrected chi connectivity index (χ2v) is 9.18. The van der Waals surface area contributed by atoms with Crippen LogP contribution in [0.2, 0.25) is 0 Å². The number of nitrogens with one attached hydrogen (secondary N) is 1. The van der Waals surface area contributed by atoms with Crippen LogP contribution in [-0.2, 0) is 17.6 Å². The molecule has 172 valence electrons. The second-order valence-electron chi connectivity index (χ2n) is 9.18. The van der Waals surface area contributed by atoms with Crippen molar-refractivity contribution in [3.8, 4) is 16.9 Å². The van der Waals surface area contributed by atoms with Crippen LogP contribution in [0.5, 0.6) is 0 Å². The molecular formula is C27H32N4O2. The SMILES string of the molecule is O=C(CN(CCCCO)C1CC1)Nc1cc(-c2ccc3c(c2)CCC3)nn1-c1ccccc1. The Bertz CT molecular complexity index is 1100. The predicted molar refractivity (Wildman–Crippen MR) is 131 cm³/mol. The molecule has 0 bridgehead atoms. The molecule has 1 aromatic heterocycles. The third-order valence-corrected chi connectivity index (χ3v) is 6.64. The number of aliphatic hydroxyl groups is 1. The quantitative estimate of drug-likeness (QED) is 0.460. The summed E-state index contributed by atoms with van der Waals surface area (Å²) in [6, 6.07) is 19.0. The molecule has 0 aliphatic heterocycles. The Morgan fingerprint density at radius 2 is 1.88 bits per heavy atom. The van der Waals surface area contributed by atoms with Crippen LogP contribution >= 0.6 is 0 Å². The number of aryl methyl sites for hydroxylation is 2. The number of carbonyl (C=O) groups is 1. The highest BCUT2D eigenvalue weighted by atomic mass is 16.3. The van der Waals surface area contributed by atoms with Gasteiger partial charge < -0.3 is 10.4 Å². The maximum Gasteiger partial charge on any atom is 0.239 e. The summed E-state index contributed by atoms with van der Waals surface area (Å²) in [4.78, 5) is 15.3. The van der Waals surface area contributed by atoms with Crippen LogP contribution < -0.4 is 5.32 Å². The summed E-state index contributed by atoms with van der Waals surface area (Å²) < 4.78 is 1.83. The molecule has 1 amide bonds. The van der Waals surface area contributed by atoms with Gasteiger partial charge in [-0.2, -0.15) is 5.10 Å². The number of carbonyl (C=O) groups excluding carboxylic acids is 1. The number of rotatable bonds is 10. The van der Waals surface area contributed by atoms with Crippen molar-refractivity contribution >= 4 is 11.7 Å². The number of hydrogen-bond acceptors (Lipinski definition) is 4. The molecule has 1 saturated carbocycles. The lowest BCUT2D eigenvalue weighted by atomic mass is 10.0. The van der Waals surface area contributed by atoms with Crippen molar-refractivity contribution in [2.24, 2.45) is 0 Å². The first-order valence-corrected chi connectivity index (χ1v) is 12.1. The van der Waals surface area contributed by atoms with Crippen LogP contribution in [0.25, 0.3) is 16.9 Å². The minimum atomic E-state index is -0.0246. The number of hydrogen-bond donors (Lipinski definition) is 2. The van der Waals surface area contributed by atoms with Crippen LogP contribution in [0.3, 0.4) is 0 Å². The first kappa shape index (κ1) is 21.9. The molecule has 0 unspecified atom stereocenters. The fourth-order valence-electron chi connectivity index (χ4n) is 4.73. The van der Waals surface area contributed by atoms with Crippen molar-refractivity contribution in [1.82, 2.24) is 14.7 Å². The second kappa shape index (κ2) is 9.89. The van der Waals surface area contributed by atoms with Crippen LogP contribution in [0.15, 0.2) is 54.6 Å². The van der Waals surface area contributed by atoms with Crippen LogP contribution in [0.1, 0.15) is 43.2 Å². The van der Waals surface area contributed by atoms with Crippen LogP contribution in [0, 0.1) is 0 Å². The average molecular weight is 445 g/mol. The summed E-state index contributed by atoms with van der Waals surface area (Å²) in [7, 11) is 0. The maximum absolute atomic E-state index is 13.0. The van der Waals surface area contributed by atoms with Gasteiger partial charge in [-0.25, -0.2) is 4.68 Å². The number of amides is 1. The topological polar surface area (TPSA) is 70.4 Å². The Labute approximate surface area is 195 Å². The van der Waals surface area contributed by atoms with Gasteiger partial charge in [-0.1, -0.05) is 30.3 Å². The molecule has 0 saturated heterocycles. The largest absolute Gasteiger partial charge is 0.396 e. The molecule has 0 atom stereocenters. The minimum Gasteiger partial charge on any atom is -0.396 e. The minimum absolute atomic E-state index is 0.0246. The van der Waals surface area contributed by atoms with E-state index in [9.17, 15) is 4.79 Å². The summed E-state index contributed by atoms with van der Waals surface area (Å²) in [6.07, 6.45) is 7.48. The molecule has 6 heteroatoms. The molecule has 0 radical (unpaired) electrons. The molecule has 33 heavy (non-hydrogen) atoms. The van der Waals surface area contributed by atoms with Gasteiger partial charge in [0.2, 0.25) is 5.91 Å². The first-order valence-electron chi connectivity index (χ1n) is 12.1. The highest BCUT2D eigenvalue weighted by Gasteiger charge is 2.30. The van der Waals surface area contributed by atoms with E-state index in [2.05, 4.69) is 28.4 Å². The zero-order valence-corrected chi connectivity index (χ0v) is 19.0. The van der Waals surface area contributed by atoms with Gasteiger partial charge in [0.1, 0.15) is 5.82 Å². The Morgan fingerprint density at radius 1 is 1.06 bits per heavy atom. The van der Waals surface area contributed by atoms with E-state index in [1.165, 1.54) is 17.5 Å². The standard InChI is InChI=1S/C27H32N4O2/c32-16-5-4-15-30(23-13-14-23)19-27(33)28-26-18-25(29-31(26)24-9-2-1-3-10-24)22-12-11-20-7-6-8-21(20)17-22/h1-3,9-12,17-18,23,32H,4-8,13-16,19H2,(H,28,33). The van der Waals surface area contributed by atoms with E-state index in [1.54, 1.807) is 0 Å². The summed E-state index contributed by atoms with van der Waals surface area (Å²) in [5.41, 5.74) is 5.73. The molecule has 5 rings (SSSR count). The molecule has 6 nitrogen and oxygen atoms in total. The Kier molecular flexibility index (Phi) is 6.55. The summed E-state index contributed by atoms with van der Waals surface area (Å²) >= 11 is 0. The van der Waals surface area contributed by atoms with Crippen molar-refractivity contribution < 1.29 is 9.90 Å². The van der Waals surface area contributed by atoms with Crippen LogP contribution in [-0.4, -0.2) is 51.4 Å². The number of benzene rings is 2. The average Bonchev–Trinajstić information content (AvgIpc) is 3.43. The molecule has 0 spiro atoms. The van der Waals surface area contributed by atoms with E-state index in [0.717, 1.165) is 62.0 Å². The van der Waals surface area contributed by atoms with Gasteiger partial charge in [-0.05, 0) is 80.8 Å². The van der Waals surface area contributed by atoms with Crippen molar-refractivity contribution in [2.45, 2.75) is 51.0 Å². The molecule has 2 aliphatic carbocycles. The molecule has 1 fully saturated rings. The summed E-state index contributed by atoms with van der Waals surface area (Å²) in [5, 5.41) is 17.1. The summed E-state index contributed by atoms with van der Waals surface area (Å²) in [5.74, 6) is 0.663. The van der Waals surface area contributed by atoms with Gasteiger partial charge in [0.15, 0.2) is 0 Å². The lowest BCUT2D eigenvalue weighted by Crippen LogP contribution is -2.36. The number of aromatic nitrogens is 2. The number of unbranched alkanes of at least 4 members (excludes halogenated alkanes) is 1. The van der Waals surface area contributed by atoms with Gasteiger partial charge in [-0.15, -0.1) is 0 Å². The maximum atomic E-state index is 13.0.